The first-order chi connectivity index (χ1) is 11.2. The molecule has 1 aliphatic carbocycles. The van der Waals surface area contributed by atoms with E-state index in [-0.39, 0.29) is 0 Å². The first-order valence-corrected chi connectivity index (χ1v) is 8.68. The van der Waals surface area contributed by atoms with Gasteiger partial charge in [-0.05, 0) is 74.5 Å². The summed E-state index contributed by atoms with van der Waals surface area (Å²) in [5.74, 6) is 0. The van der Waals surface area contributed by atoms with E-state index in [2.05, 4.69) is 80.5 Å². The Labute approximate surface area is 140 Å². The van der Waals surface area contributed by atoms with E-state index in [0.717, 1.165) is 0 Å². The summed E-state index contributed by atoms with van der Waals surface area (Å²) in [6, 6.07) is 20.2. The molecule has 1 heteroatoms. The van der Waals surface area contributed by atoms with Crippen LogP contribution in [0.4, 0.5) is 0 Å². The van der Waals surface area contributed by atoms with Crippen molar-refractivity contribution in [2.24, 2.45) is 0 Å². The lowest BCUT2D eigenvalue weighted by Crippen LogP contribution is -2.24. The Morgan fingerprint density at radius 2 is 1.48 bits per heavy atom. The van der Waals surface area contributed by atoms with Gasteiger partial charge in [-0.25, -0.2) is 0 Å². The van der Waals surface area contributed by atoms with E-state index >= 15 is 0 Å². The van der Waals surface area contributed by atoms with E-state index in [0.29, 0.717) is 6.04 Å². The molecule has 0 amide bonds. The van der Waals surface area contributed by atoms with E-state index in [1.165, 1.54) is 42.4 Å². The summed E-state index contributed by atoms with van der Waals surface area (Å²) in [6.45, 7) is 2.24. The van der Waals surface area contributed by atoms with E-state index in [1.807, 2.05) is 0 Å². The van der Waals surface area contributed by atoms with Crippen LogP contribution in [0.25, 0.3) is 5.57 Å². The topological polar surface area (TPSA) is 3.24 Å². The standard InChI is InChI=1S/C22H27N/c1-17-11-7-8-14-19(17)20-15-9-10-16-21(20)22(23(2)3)18-12-5-4-6-13-18/h4-8,11-14,22H,9-10,15-16H2,1-3H3. The molecule has 2 aromatic rings. The molecule has 3 rings (SSSR count). The molecule has 0 saturated carbocycles. The van der Waals surface area contributed by atoms with Gasteiger partial charge in [0.2, 0.25) is 0 Å². The first-order valence-electron chi connectivity index (χ1n) is 8.68. The monoisotopic (exact) mass is 305 g/mol. The molecule has 0 bridgehead atoms. The second kappa shape index (κ2) is 7.14. The molecule has 23 heavy (non-hydrogen) atoms. The minimum atomic E-state index is 0.381. The molecule has 0 heterocycles. The van der Waals surface area contributed by atoms with Crippen LogP contribution in [0.2, 0.25) is 0 Å². The van der Waals surface area contributed by atoms with Gasteiger partial charge in [-0.15, -0.1) is 0 Å². The van der Waals surface area contributed by atoms with Gasteiger partial charge < -0.3 is 0 Å². The first kappa shape index (κ1) is 16.0. The van der Waals surface area contributed by atoms with E-state index in [1.54, 1.807) is 11.1 Å². The van der Waals surface area contributed by atoms with Gasteiger partial charge >= 0.3 is 0 Å². The summed E-state index contributed by atoms with van der Waals surface area (Å²) in [7, 11) is 4.41. The number of aryl methyl sites for hydroxylation is 1. The third-order valence-electron chi connectivity index (χ3n) is 4.94. The Morgan fingerprint density at radius 3 is 2.17 bits per heavy atom. The summed E-state index contributed by atoms with van der Waals surface area (Å²) < 4.78 is 0. The van der Waals surface area contributed by atoms with Crippen molar-refractivity contribution in [1.82, 2.24) is 4.90 Å². The van der Waals surface area contributed by atoms with Crippen molar-refractivity contribution in [3.05, 3.63) is 76.9 Å². The quantitative estimate of drug-likeness (QED) is 0.708. The van der Waals surface area contributed by atoms with Crippen LogP contribution in [-0.4, -0.2) is 19.0 Å². The predicted molar refractivity (Wildman–Crippen MR) is 99.4 cm³/mol. The Balaban J connectivity index is 2.13. The molecule has 1 aliphatic rings. The predicted octanol–water partition coefficient (Wildman–Crippen LogP) is 5.63. The van der Waals surface area contributed by atoms with Crippen molar-refractivity contribution >= 4 is 5.57 Å². The van der Waals surface area contributed by atoms with Crippen molar-refractivity contribution in [2.45, 2.75) is 38.6 Å². The molecular formula is C22H27N. The van der Waals surface area contributed by atoms with Gasteiger partial charge in [0.15, 0.2) is 0 Å². The molecule has 1 unspecified atom stereocenters. The highest BCUT2D eigenvalue weighted by Crippen LogP contribution is 2.41. The maximum atomic E-state index is 2.37. The Kier molecular flexibility index (Phi) is 4.97. The molecule has 0 aliphatic heterocycles. The van der Waals surface area contributed by atoms with Crippen LogP contribution >= 0.6 is 0 Å². The van der Waals surface area contributed by atoms with Gasteiger partial charge in [-0.3, -0.25) is 4.90 Å². The van der Waals surface area contributed by atoms with Crippen molar-refractivity contribution in [3.63, 3.8) is 0 Å². The number of rotatable bonds is 4. The van der Waals surface area contributed by atoms with Gasteiger partial charge in [-0.2, -0.15) is 0 Å². The van der Waals surface area contributed by atoms with E-state index in [9.17, 15) is 0 Å². The smallest absolute Gasteiger partial charge is 0.0562 e. The summed E-state index contributed by atoms with van der Waals surface area (Å²) in [5, 5.41) is 0. The van der Waals surface area contributed by atoms with Crippen molar-refractivity contribution in [1.29, 1.82) is 0 Å². The lowest BCUT2D eigenvalue weighted by Gasteiger charge is -2.33. The minimum absolute atomic E-state index is 0.381. The van der Waals surface area contributed by atoms with Crippen LogP contribution in [0, 0.1) is 6.92 Å². The highest BCUT2D eigenvalue weighted by atomic mass is 15.1. The lowest BCUT2D eigenvalue weighted by atomic mass is 9.80. The molecule has 120 valence electrons. The molecule has 0 fully saturated rings. The summed E-state index contributed by atoms with van der Waals surface area (Å²) in [4.78, 5) is 2.37. The SMILES string of the molecule is Cc1ccccc1C1=C(C(c2ccccc2)N(C)C)CCCC1. The zero-order valence-electron chi connectivity index (χ0n) is 14.5. The molecular weight excluding hydrogens is 278 g/mol. The Hall–Kier alpha value is -1.86. The Bertz CT molecular complexity index is 682. The number of nitrogens with zero attached hydrogens (tertiary/aromatic N) is 1. The number of benzene rings is 2. The number of allylic oxidation sites excluding steroid dienone is 1. The van der Waals surface area contributed by atoms with Crippen LogP contribution in [0.15, 0.2) is 60.2 Å². The molecule has 1 nitrogen and oxygen atoms in total. The average Bonchev–Trinajstić information content (AvgIpc) is 2.57. The molecule has 1 atom stereocenters. The fourth-order valence-electron chi connectivity index (χ4n) is 3.90. The maximum absolute atomic E-state index is 2.37. The van der Waals surface area contributed by atoms with Gasteiger partial charge in [0.25, 0.3) is 0 Å². The molecule has 0 N–H and O–H groups in total. The van der Waals surface area contributed by atoms with E-state index in [4.69, 9.17) is 0 Å². The summed E-state index contributed by atoms with van der Waals surface area (Å²) in [6.07, 6.45) is 5.03. The van der Waals surface area contributed by atoms with Gasteiger partial charge in [0, 0.05) is 0 Å². The number of hydrogen-bond donors (Lipinski definition) is 0. The average molecular weight is 305 g/mol. The van der Waals surface area contributed by atoms with Gasteiger partial charge in [0.1, 0.15) is 0 Å². The second-order valence-electron chi connectivity index (χ2n) is 6.80. The number of likely N-dealkylation sites (N-methyl/N-ethyl adjacent to an activating group) is 1. The molecule has 0 spiro atoms. The third kappa shape index (κ3) is 3.40. The zero-order chi connectivity index (χ0) is 16.2. The highest BCUT2D eigenvalue weighted by Gasteiger charge is 2.25. The molecule has 0 saturated heterocycles. The summed E-state index contributed by atoms with van der Waals surface area (Å²) >= 11 is 0. The van der Waals surface area contributed by atoms with Crippen molar-refractivity contribution in [3.8, 4) is 0 Å². The van der Waals surface area contributed by atoms with Crippen molar-refractivity contribution < 1.29 is 0 Å². The summed E-state index contributed by atoms with van der Waals surface area (Å²) in [5.41, 5.74) is 7.44. The Morgan fingerprint density at radius 1 is 0.826 bits per heavy atom. The molecule has 0 radical (unpaired) electrons. The second-order valence-corrected chi connectivity index (χ2v) is 6.80. The molecule has 2 aromatic carbocycles. The van der Waals surface area contributed by atoms with Crippen LogP contribution in [0.1, 0.15) is 48.4 Å². The minimum Gasteiger partial charge on any atom is -0.299 e. The van der Waals surface area contributed by atoms with Gasteiger partial charge in [-0.1, -0.05) is 54.6 Å². The van der Waals surface area contributed by atoms with Crippen LogP contribution < -0.4 is 0 Å². The number of hydrogen-bond acceptors (Lipinski definition) is 1. The maximum Gasteiger partial charge on any atom is 0.0562 e. The molecule has 0 aromatic heterocycles. The third-order valence-corrected chi connectivity index (χ3v) is 4.94. The zero-order valence-corrected chi connectivity index (χ0v) is 14.5. The van der Waals surface area contributed by atoms with Gasteiger partial charge in [0.05, 0.1) is 6.04 Å². The largest absolute Gasteiger partial charge is 0.299 e. The van der Waals surface area contributed by atoms with Crippen molar-refractivity contribution in [2.75, 3.05) is 14.1 Å². The highest BCUT2D eigenvalue weighted by molar-refractivity contribution is 5.73. The van der Waals surface area contributed by atoms with Crippen LogP contribution in [0.3, 0.4) is 0 Å². The van der Waals surface area contributed by atoms with Crippen LogP contribution in [-0.2, 0) is 0 Å². The lowest BCUT2D eigenvalue weighted by molar-refractivity contribution is 0.328. The normalized spacial score (nSPS) is 16.7. The fraction of sp³-hybridized carbons (Fsp3) is 0.364. The van der Waals surface area contributed by atoms with Crippen LogP contribution in [0.5, 0.6) is 0 Å². The van der Waals surface area contributed by atoms with E-state index < -0.39 is 0 Å². The fourth-order valence-corrected chi connectivity index (χ4v) is 3.90.